The summed E-state index contributed by atoms with van der Waals surface area (Å²) in [5.41, 5.74) is 0. The predicted molar refractivity (Wildman–Crippen MR) is 33.2 cm³/mol. The fourth-order valence-electron chi connectivity index (χ4n) is 0.464. The Bertz CT molecular complexity index is 243. The standard InChI is InChI=1S/C4H4F3N3S/c1-11-3-8-2(9-10-3)4(5,6)7/h1H3,(H,8,9,10). The van der Waals surface area contributed by atoms with Gasteiger partial charge in [-0.1, -0.05) is 11.8 Å². The highest BCUT2D eigenvalue weighted by molar-refractivity contribution is 7.98. The molecule has 0 aliphatic heterocycles. The van der Waals surface area contributed by atoms with E-state index in [0.717, 1.165) is 11.8 Å². The molecule has 1 N–H and O–H groups in total. The van der Waals surface area contributed by atoms with Crippen molar-refractivity contribution < 1.29 is 13.2 Å². The third-order valence-electron chi connectivity index (χ3n) is 0.916. The van der Waals surface area contributed by atoms with E-state index in [1.165, 1.54) is 0 Å². The smallest absolute Gasteiger partial charge is 0.254 e. The second-order valence-corrected chi connectivity index (χ2v) is 2.44. The molecule has 0 saturated heterocycles. The first-order valence-electron chi connectivity index (χ1n) is 2.57. The molecule has 0 unspecified atom stereocenters. The summed E-state index contributed by atoms with van der Waals surface area (Å²) in [4.78, 5) is 3.17. The van der Waals surface area contributed by atoms with E-state index in [2.05, 4.69) is 10.1 Å². The number of aromatic amines is 1. The van der Waals surface area contributed by atoms with Crippen LogP contribution in [0.3, 0.4) is 0 Å². The molecule has 1 aromatic heterocycles. The molecule has 0 bridgehead atoms. The van der Waals surface area contributed by atoms with Crippen molar-refractivity contribution >= 4 is 11.8 Å². The number of hydrogen-bond donors (Lipinski definition) is 1. The van der Waals surface area contributed by atoms with Gasteiger partial charge in [0, 0.05) is 0 Å². The highest BCUT2D eigenvalue weighted by Crippen LogP contribution is 2.26. The predicted octanol–water partition coefficient (Wildman–Crippen LogP) is 1.55. The molecular weight excluding hydrogens is 179 g/mol. The highest BCUT2D eigenvalue weighted by Gasteiger charge is 2.35. The fourth-order valence-corrected chi connectivity index (χ4v) is 0.784. The summed E-state index contributed by atoms with van der Waals surface area (Å²) < 4.78 is 35.4. The van der Waals surface area contributed by atoms with E-state index in [1.807, 2.05) is 0 Å². The van der Waals surface area contributed by atoms with E-state index in [0.29, 0.717) is 0 Å². The lowest BCUT2D eigenvalue weighted by molar-refractivity contribution is -0.144. The third-order valence-corrected chi connectivity index (χ3v) is 1.46. The van der Waals surface area contributed by atoms with Crippen LogP contribution in [0.4, 0.5) is 13.2 Å². The number of nitrogens with one attached hydrogen (secondary N) is 1. The Kier molecular flexibility index (Phi) is 2.08. The lowest BCUT2D eigenvalue weighted by Gasteiger charge is -1.97. The lowest BCUT2D eigenvalue weighted by atomic mass is 10.6. The topological polar surface area (TPSA) is 41.6 Å². The average Bonchev–Trinajstić information content (AvgIpc) is 2.32. The number of halogens is 3. The lowest BCUT2D eigenvalue weighted by Crippen LogP contribution is -2.07. The van der Waals surface area contributed by atoms with Crippen molar-refractivity contribution in [3.63, 3.8) is 0 Å². The molecular formula is C4H4F3N3S. The van der Waals surface area contributed by atoms with Crippen LogP contribution in [0.1, 0.15) is 5.82 Å². The van der Waals surface area contributed by atoms with Gasteiger partial charge in [-0.3, -0.25) is 5.10 Å². The molecule has 0 radical (unpaired) electrons. The van der Waals surface area contributed by atoms with E-state index in [-0.39, 0.29) is 5.16 Å². The summed E-state index contributed by atoms with van der Waals surface area (Å²) in [6.07, 6.45) is -2.83. The van der Waals surface area contributed by atoms with E-state index in [1.54, 1.807) is 11.4 Å². The number of hydrogen-bond acceptors (Lipinski definition) is 3. The minimum absolute atomic E-state index is 0.0947. The molecule has 62 valence electrons. The van der Waals surface area contributed by atoms with Crippen LogP contribution >= 0.6 is 11.8 Å². The molecule has 0 saturated carbocycles. The Morgan fingerprint density at radius 3 is 2.36 bits per heavy atom. The molecule has 3 nitrogen and oxygen atoms in total. The van der Waals surface area contributed by atoms with Gasteiger partial charge in [0.2, 0.25) is 11.0 Å². The molecule has 0 amide bonds. The van der Waals surface area contributed by atoms with Crippen LogP contribution in [-0.2, 0) is 6.18 Å². The van der Waals surface area contributed by atoms with E-state index in [9.17, 15) is 13.2 Å². The minimum atomic E-state index is -4.43. The largest absolute Gasteiger partial charge is 0.451 e. The summed E-state index contributed by atoms with van der Waals surface area (Å²) in [5.74, 6) is -1.05. The van der Waals surface area contributed by atoms with Crippen LogP contribution in [0.25, 0.3) is 0 Å². The SMILES string of the molecule is CSc1n[nH]c(C(F)(F)F)n1. The Morgan fingerprint density at radius 2 is 2.09 bits per heavy atom. The quantitative estimate of drug-likeness (QED) is 0.671. The van der Waals surface area contributed by atoms with Crippen LogP contribution in [0, 0.1) is 0 Å². The molecule has 0 aromatic carbocycles. The van der Waals surface area contributed by atoms with Gasteiger partial charge in [-0.05, 0) is 6.26 Å². The van der Waals surface area contributed by atoms with Gasteiger partial charge < -0.3 is 0 Å². The molecule has 1 aromatic rings. The summed E-state index contributed by atoms with van der Waals surface area (Å²) in [7, 11) is 0. The molecule has 1 rings (SSSR count). The van der Waals surface area contributed by atoms with Crippen LogP contribution in [0.2, 0.25) is 0 Å². The zero-order valence-electron chi connectivity index (χ0n) is 5.44. The van der Waals surface area contributed by atoms with Gasteiger partial charge in [0.05, 0.1) is 0 Å². The van der Waals surface area contributed by atoms with Crippen molar-refractivity contribution in [2.45, 2.75) is 11.3 Å². The Balaban J connectivity index is 2.89. The molecule has 0 atom stereocenters. The summed E-state index contributed by atoms with van der Waals surface area (Å²) in [6.45, 7) is 0. The first kappa shape index (κ1) is 8.38. The van der Waals surface area contributed by atoms with E-state index >= 15 is 0 Å². The van der Waals surface area contributed by atoms with Crippen LogP contribution in [0.15, 0.2) is 5.16 Å². The second-order valence-electron chi connectivity index (χ2n) is 1.67. The maximum atomic E-state index is 11.8. The number of alkyl halides is 3. The first-order valence-corrected chi connectivity index (χ1v) is 3.80. The summed E-state index contributed by atoms with van der Waals surface area (Å²) >= 11 is 1.05. The van der Waals surface area contributed by atoms with E-state index < -0.39 is 12.0 Å². The third kappa shape index (κ3) is 1.86. The zero-order chi connectivity index (χ0) is 8.48. The molecule has 11 heavy (non-hydrogen) atoms. The van der Waals surface area contributed by atoms with Crippen molar-refractivity contribution in [3.05, 3.63) is 5.82 Å². The molecule has 0 aliphatic carbocycles. The molecule has 7 heteroatoms. The van der Waals surface area contributed by atoms with Gasteiger partial charge in [-0.25, -0.2) is 0 Å². The maximum absolute atomic E-state index is 11.8. The Morgan fingerprint density at radius 1 is 1.45 bits per heavy atom. The number of thioether (sulfide) groups is 1. The van der Waals surface area contributed by atoms with Crippen molar-refractivity contribution in [2.75, 3.05) is 6.26 Å². The molecule has 1 heterocycles. The Hall–Kier alpha value is -0.720. The molecule has 0 aliphatic rings. The first-order chi connectivity index (χ1) is 5.04. The summed E-state index contributed by atoms with van der Waals surface area (Å²) in [5, 5.41) is 5.19. The monoisotopic (exact) mass is 183 g/mol. The highest BCUT2D eigenvalue weighted by atomic mass is 32.2. The number of aromatic nitrogens is 3. The van der Waals surface area contributed by atoms with Gasteiger partial charge in [-0.15, -0.1) is 5.10 Å². The van der Waals surface area contributed by atoms with Gasteiger partial charge in [-0.2, -0.15) is 18.2 Å². The Labute approximate surface area is 64.4 Å². The van der Waals surface area contributed by atoms with Gasteiger partial charge in [0.25, 0.3) is 0 Å². The van der Waals surface area contributed by atoms with Gasteiger partial charge >= 0.3 is 6.18 Å². The average molecular weight is 183 g/mol. The molecule has 0 fully saturated rings. The fraction of sp³-hybridized carbons (Fsp3) is 0.500. The van der Waals surface area contributed by atoms with Crippen LogP contribution in [0.5, 0.6) is 0 Å². The van der Waals surface area contributed by atoms with Crippen molar-refractivity contribution in [2.24, 2.45) is 0 Å². The number of nitrogens with zero attached hydrogens (tertiary/aromatic N) is 2. The number of H-pyrrole nitrogens is 1. The summed E-state index contributed by atoms with van der Waals surface area (Å²) in [6, 6.07) is 0. The minimum Gasteiger partial charge on any atom is -0.254 e. The second kappa shape index (κ2) is 2.72. The van der Waals surface area contributed by atoms with Gasteiger partial charge in [0.1, 0.15) is 0 Å². The van der Waals surface area contributed by atoms with Crippen LogP contribution < -0.4 is 0 Å². The van der Waals surface area contributed by atoms with Crippen LogP contribution in [-0.4, -0.2) is 21.4 Å². The van der Waals surface area contributed by atoms with E-state index in [4.69, 9.17) is 0 Å². The van der Waals surface area contributed by atoms with Crippen molar-refractivity contribution in [3.8, 4) is 0 Å². The zero-order valence-corrected chi connectivity index (χ0v) is 6.25. The van der Waals surface area contributed by atoms with Crippen molar-refractivity contribution in [1.29, 1.82) is 0 Å². The number of rotatable bonds is 1. The normalized spacial score (nSPS) is 12.0. The maximum Gasteiger partial charge on any atom is 0.451 e. The van der Waals surface area contributed by atoms with Crippen molar-refractivity contribution in [1.82, 2.24) is 15.2 Å². The molecule has 0 spiro atoms. The van der Waals surface area contributed by atoms with Gasteiger partial charge in [0.15, 0.2) is 0 Å².